The van der Waals surface area contributed by atoms with Gasteiger partial charge in [-0.05, 0) is 72.7 Å². The van der Waals surface area contributed by atoms with E-state index in [4.69, 9.17) is 18.9 Å². The molecular formula is C36H49FO5S. The molecule has 1 fully saturated rings. The van der Waals surface area contributed by atoms with Crippen molar-refractivity contribution in [2.45, 2.75) is 103 Å². The summed E-state index contributed by atoms with van der Waals surface area (Å²) >= 11 is 1.72. The summed E-state index contributed by atoms with van der Waals surface area (Å²) in [7, 11) is 0. The van der Waals surface area contributed by atoms with Gasteiger partial charge in [-0.25, -0.2) is 4.39 Å². The average Bonchev–Trinajstić information content (AvgIpc) is 3.47. The van der Waals surface area contributed by atoms with Crippen molar-refractivity contribution < 1.29 is 28.4 Å². The Kier molecular flexibility index (Phi) is 13.6. The Balaban J connectivity index is 1.57. The van der Waals surface area contributed by atoms with Crippen molar-refractivity contribution in [2.75, 3.05) is 26.4 Å². The third-order valence-electron chi connectivity index (χ3n) is 8.06. The van der Waals surface area contributed by atoms with Crippen LogP contribution in [0, 0.1) is 12.7 Å². The highest BCUT2D eigenvalue weighted by Gasteiger charge is 2.47. The first-order chi connectivity index (χ1) is 20.9. The fraction of sp³-hybridized carbons (Fsp3) is 0.556. The molecule has 1 N–H and O–H groups in total. The summed E-state index contributed by atoms with van der Waals surface area (Å²) in [5.41, 5.74) is 4.31. The maximum atomic E-state index is 13.4. The number of hydrogen-bond acceptors (Lipinski definition) is 6. The number of rotatable bonds is 17. The summed E-state index contributed by atoms with van der Waals surface area (Å²) in [4.78, 5) is 2.33. The van der Waals surface area contributed by atoms with Crippen LogP contribution in [0.2, 0.25) is 0 Å². The minimum absolute atomic E-state index is 0.230. The number of aryl methyl sites for hydroxylation is 1. The van der Waals surface area contributed by atoms with Gasteiger partial charge in [-0.2, -0.15) is 0 Å². The Bertz CT molecular complexity index is 1230. The van der Waals surface area contributed by atoms with E-state index in [1.807, 2.05) is 12.1 Å². The summed E-state index contributed by atoms with van der Waals surface area (Å²) in [6, 6.07) is 17.2. The van der Waals surface area contributed by atoms with E-state index in [2.05, 4.69) is 58.0 Å². The van der Waals surface area contributed by atoms with Crippen molar-refractivity contribution in [3.05, 3.63) is 82.0 Å². The summed E-state index contributed by atoms with van der Waals surface area (Å²) in [5, 5.41) is 11.7. The predicted octanol–water partition coefficient (Wildman–Crippen LogP) is 8.44. The number of benzene rings is 2. The molecule has 0 aliphatic carbocycles. The molecule has 4 rings (SSSR count). The predicted molar refractivity (Wildman–Crippen MR) is 172 cm³/mol. The van der Waals surface area contributed by atoms with Gasteiger partial charge in [-0.1, -0.05) is 70.4 Å². The van der Waals surface area contributed by atoms with E-state index in [9.17, 15) is 9.50 Å². The van der Waals surface area contributed by atoms with E-state index in [1.165, 1.54) is 28.1 Å². The highest BCUT2D eigenvalue weighted by Crippen LogP contribution is 2.37. The number of thiophene rings is 1. The number of ether oxygens (including phenoxy) is 4. The standard InChI is InChI=1S/C36H49FO5S/c1-5-8-19-39-24-31-35(40-20-9-6-2)36(41-21-10-7-3)33(38)34(42-31)27-12-11-25(4)28(22-27)23-30-17-18-32(43-30)26-13-15-29(37)16-14-26/h11-18,22,31,33-36,38H,5-10,19-21,23-24H2,1-4H3/t31-,33+,34?,35-,36-/m1/s1. The smallest absolute Gasteiger partial charge is 0.123 e. The average molecular weight is 613 g/mol. The highest BCUT2D eigenvalue weighted by atomic mass is 32.1. The van der Waals surface area contributed by atoms with E-state index in [1.54, 1.807) is 11.3 Å². The maximum absolute atomic E-state index is 13.4. The molecule has 0 saturated carbocycles. The first-order valence-electron chi connectivity index (χ1n) is 16.0. The van der Waals surface area contributed by atoms with Crippen LogP contribution in [0.4, 0.5) is 4.39 Å². The summed E-state index contributed by atoms with van der Waals surface area (Å²) in [5.74, 6) is -0.230. The Morgan fingerprint density at radius 2 is 1.51 bits per heavy atom. The number of aliphatic hydroxyl groups excluding tert-OH is 1. The van der Waals surface area contributed by atoms with Crippen LogP contribution in [0.5, 0.6) is 0 Å². The monoisotopic (exact) mass is 612 g/mol. The highest BCUT2D eigenvalue weighted by molar-refractivity contribution is 7.15. The molecule has 7 heteroatoms. The molecule has 1 aliphatic heterocycles. The third-order valence-corrected chi connectivity index (χ3v) is 9.19. The molecule has 1 aliphatic rings. The fourth-order valence-corrected chi connectivity index (χ4v) is 6.43. The van der Waals surface area contributed by atoms with Crippen molar-refractivity contribution in [2.24, 2.45) is 0 Å². The quantitative estimate of drug-likeness (QED) is 0.155. The van der Waals surface area contributed by atoms with Gasteiger partial charge in [0.25, 0.3) is 0 Å². The lowest BCUT2D eigenvalue weighted by Crippen LogP contribution is -2.57. The summed E-state index contributed by atoms with van der Waals surface area (Å²) in [6.07, 6.45) is 4.01. The van der Waals surface area contributed by atoms with Gasteiger partial charge in [0.1, 0.15) is 36.3 Å². The first-order valence-corrected chi connectivity index (χ1v) is 16.8. The molecule has 1 aromatic heterocycles. The molecule has 2 aromatic carbocycles. The van der Waals surface area contributed by atoms with Gasteiger partial charge in [0, 0.05) is 36.0 Å². The second-order valence-corrected chi connectivity index (χ2v) is 12.7. The number of hydrogen-bond donors (Lipinski definition) is 1. The van der Waals surface area contributed by atoms with Gasteiger partial charge in [-0.15, -0.1) is 11.3 Å². The molecule has 236 valence electrons. The van der Waals surface area contributed by atoms with Crippen molar-refractivity contribution in [1.82, 2.24) is 0 Å². The molecule has 3 aromatic rings. The Morgan fingerprint density at radius 3 is 2.21 bits per heavy atom. The normalized spacial score (nSPS) is 22.2. The van der Waals surface area contributed by atoms with Crippen molar-refractivity contribution >= 4 is 11.3 Å². The second kappa shape index (κ2) is 17.4. The number of unbranched alkanes of at least 4 members (excludes halogenated alkanes) is 3. The first kappa shape index (κ1) is 33.8. The second-order valence-electron chi connectivity index (χ2n) is 11.5. The molecule has 0 spiro atoms. The topological polar surface area (TPSA) is 57.2 Å². The minimum Gasteiger partial charge on any atom is -0.387 e. The van der Waals surface area contributed by atoms with E-state index in [-0.39, 0.29) is 11.9 Å². The molecule has 5 atom stereocenters. The van der Waals surface area contributed by atoms with E-state index < -0.39 is 24.4 Å². The molecule has 2 heterocycles. The van der Waals surface area contributed by atoms with Crippen LogP contribution >= 0.6 is 11.3 Å². The Hall–Kier alpha value is -2.13. The zero-order valence-electron chi connectivity index (χ0n) is 26.2. The fourth-order valence-electron chi connectivity index (χ4n) is 5.39. The lowest BCUT2D eigenvalue weighted by molar-refractivity contribution is -0.258. The van der Waals surface area contributed by atoms with Crippen LogP contribution in [0.3, 0.4) is 0 Å². The van der Waals surface area contributed by atoms with Gasteiger partial charge in [0.05, 0.1) is 6.61 Å². The molecular weight excluding hydrogens is 563 g/mol. The van der Waals surface area contributed by atoms with Crippen molar-refractivity contribution in [3.63, 3.8) is 0 Å². The minimum atomic E-state index is -0.877. The van der Waals surface area contributed by atoms with E-state index in [0.29, 0.717) is 26.4 Å². The van der Waals surface area contributed by atoms with Crippen LogP contribution in [0.15, 0.2) is 54.6 Å². The molecule has 5 nitrogen and oxygen atoms in total. The SMILES string of the molecule is CCCCOC[C@H]1OC(c2ccc(C)c(Cc3ccc(-c4ccc(F)cc4)s3)c2)[C@H](O)[C@@H](OCCCC)[C@@H]1OCCCC. The summed E-state index contributed by atoms with van der Waals surface area (Å²) < 4.78 is 38.8. The Labute approximate surface area is 261 Å². The van der Waals surface area contributed by atoms with Crippen molar-refractivity contribution in [3.8, 4) is 10.4 Å². The van der Waals surface area contributed by atoms with E-state index in [0.717, 1.165) is 60.9 Å². The maximum Gasteiger partial charge on any atom is 0.123 e. The van der Waals surface area contributed by atoms with E-state index >= 15 is 0 Å². The van der Waals surface area contributed by atoms with Gasteiger partial charge in [-0.3, -0.25) is 0 Å². The molecule has 43 heavy (non-hydrogen) atoms. The molecule has 0 amide bonds. The molecule has 1 saturated heterocycles. The number of aliphatic hydroxyl groups is 1. The largest absolute Gasteiger partial charge is 0.387 e. The van der Waals surface area contributed by atoms with Crippen LogP contribution in [0.25, 0.3) is 10.4 Å². The van der Waals surface area contributed by atoms with Gasteiger partial charge < -0.3 is 24.1 Å². The Morgan fingerprint density at radius 1 is 0.837 bits per heavy atom. The van der Waals surface area contributed by atoms with Crippen LogP contribution in [0.1, 0.15) is 87.0 Å². The van der Waals surface area contributed by atoms with Crippen molar-refractivity contribution in [1.29, 1.82) is 0 Å². The molecule has 1 unspecified atom stereocenters. The third kappa shape index (κ3) is 9.43. The van der Waals surface area contributed by atoms with Gasteiger partial charge >= 0.3 is 0 Å². The summed E-state index contributed by atoms with van der Waals surface area (Å²) in [6.45, 7) is 10.8. The lowest BCUT2D eigenvalue weighted by Gasteiger charge is -2.45. The zero-order chi connectivity index (χ0) is 30.6. The molecule has 0 radical (unpaired) electrons. The zero-order valence-corrected chi connectivity index (χ0v) is 27.0. The van der Waals surface area contributed by atoms with Gasteiger partial charge in [0.15, 0.2) is 0 Å². The van der Waals surface area contributed by atoms with Crippen LogP contribution < -0.4 is 0 Å². The van der Waals surface area contributed by atoms with Gasteiger partial charge in [0.2, 0.25) is 0 Å². The van der Waals surface area contributed by atoms with Crippen LogP contribution in [-0.4, -0.2) is 55.9 Å². The number of halogens is 1. The van der Waals surface area contributed by atoms with Crippen LogP contribution in [-0.2, 0) is 25.4 Å². The molecule has 0 bridgehead atoms. The lowest BCUT2D eigenvalue weighted by atomic mass is 9.89.